The quantitative estimate of drug-likeness (QED) is 0.802. The van der Waals surface area contributed by atoms with Gasteiger partial charge in [-0.2, -0.15) is 0 Å². The molecule has 2 rings (SSSR count). The Kier molecular flexibility index (Phi) is 6.02. The molecule has 0 aromatic carbocycles. The first-order valence-electron chi connectivity index (χ1n) is 7.09. The van der Waals surface area contributed by atoms with Crippen molar-refractivity contribution in [2.75, 3.05) is 13.7 Å². The van der Waals surface area contributed by atoms with Crippen molar-refractivity contribution < 1.29 is 4.74 Å². The number of pyridine rings is 1. The van der Waals surface area contributed by atoms with Gasteiger partial charge in [-0.05, 0) is 49.4 Å². The molecule has 0 fully saturated rings. The van der Waals surface area contributed by atoms with Crippen molar-refractivity contribution >= 4 is 11.3 Å². The van der Waals surface area contributed by atoms with Crippen molar-refractivity contribution in [3.8, 4) is 5.75 Å². The van der Waals surface area contributed by atoms with E-state index in [-0.39, 0.29) is 6.04 Å². The third-order valence-electron chi connectivity index (χ3n) is 3.30. The monoisotopic (exact) mass is 290 g/mol. The summed E-state index contributed by atoms with van der Waals surface area (Å²) in [5, 5.41) is 5.65. The van der Waals surface area contributed by atoms with Crippen LogP contribution >= 0.6 is 11.3 Å². The molecule has 2 aromatic heterocycles. The van der Waals surface area contributed by atoms with Gasteiger partial charge < -0.3 is 10.1 Å². The van der Waals surface area contributed by atoms with E-state index in [1.54, 1.807) is 7.11 Å². The Bertz CT molecular complexity index is 499. The van der Waals surface area contributed by atoms with E-state index in [0.717, 1.165) is 37.3 Å². The van der Waals surface area contributed by atoms with Crippen LogP contribution in [-0.4, -0.2) is 18.6 Å². The highest BCUT2D eigenvalue weighted by molar-refractivity contribution is 7.09. The Morgan fingerprint density at radius 2 is 2.25 bits per heavy atom. The summed E-state index contributed by atoms with van der Waals surface area (Å²) in [6.45, 7) is 3.06. The van der Waals surface area contributed by atoms with E-state index in [0.29, 0.717) is 0 Å². The van der Waals surface area contributed by atoms with Crippen molar-refractivity contribution in [2.45, 2.75) is 32.2 Å². The van der Waals surface area contributed by atoms with Crippen LogP contribution in [0.1, 0.15) is 36.4 Å². The number of nitrogens with zero attached hydrogens (tertiary/aromatic N) is 1. The number of thiophene rings is 1. The molecule has 0 saturated heterocycles. The highest BCUT2D eigenvalue weighted by Gasteiger charge is 2.16. The van der Waals surface area contributed by atoms with Crippen molar-refractivity contribution in [3.05, 3.63) is 46.4 Å². The summed E-state index contributed by atoms with van der Waals surface area (Å²) in [4.78, 5) is 5.95. The van der Waals surface area contributed by atoms with E-state index >= 15 is 0 Å². The smallest absolute Gasteiger partial charge is 0.141 e. The van der Waals surface area contributed by atoms with E-state index in [1.807, 2.05) is 29.7 Å². The average Bonchev–Trinajstić information content (AvgIpc) is 2.99. The van der Waals surface area contributed by atoms with Gasteiger partial charge in [0.05, 0.1) is 18.8 Å². The maximum atomic E-state index is 5.42. The van der Waals surface area contributed by atoms with Crippen molar-refractivity contribution in [1.82, 2.24) is 10.3 Å². The van der Waals surface area contributed by atoms with Crippen LogP contribution in [-0.2, 0) is 6.42 Å². The number of hydrogen-bond acceptors (Lipinski definition) is 4. The first-order chi connectivity index (χ1) is 9.85. The molecule has 3 nitrogen and oxygen atoms in total. The molecule has 108 valence electrons. The van der Waals surface area contributed by atoms with Crippen LogP contribution in [0.4, 0.5) is 0 Å². The Morgan fingerprint density at radius 1 is 1.35 bits per heavy atom. The summed E-state index contributed by atoms with van der Waals surface area (Å²) in [5.41, 5.74) is 1.02. The van der Waals surface area contributed by atoms with Crippen LogP contribution in [0.2, 0.25) is 0 Å². The lowest BCUT2D eigenvalue weighted by Gasteiger charge is -2.19. The van der Waals surface area contributed by atoms with Gasteiger partial charge in [-0.15, -0.1) is 11.3 Å². The summed E-state index contributed by atoms with van der Waals surface area (Å²) in [7, 11) is 1.70. The molecule has 0 aliphatic heterocycles. The second-order valence-corrected chi connectivity index (χ2v) is 5.71. The van der Waals surface area contributed by atoms with Crippen molar-refractivity contribution in [2.24, 2.45) is 0 Å². The van der Waals surface area contributed by atoms with Gasteiger partial charge in [0.1, 0.15) is 5.75 Å². The zero-order valence-electron chi connectivity index (χ0n) is 12.1. The number of aromatic nitrogens is 1. The number of aryl methyl sites for hydroxylation is 1. The Balaban J connectivity index is 1.99. The molecule has 2 aromatic rings. The van der Waals surface area contributed by atoms with Crippen molar-refractivity contribution in [1.29, 1.82) is 0 Å². The van der Waals surface area contributed by atoms with Gasteiger partial charge in [-0.25, -0.2) is 0 Å². The van der Waals surface area contributed by atoms with Crippen LogP contribution in [0, 0.1) is 0 Å². The molecule has 0 aliphatic carbocycles. The van der Waals surface area contributed by atoms with E-state index in [2.05, 4.69) is 34.7 Å². The standard InChI is InChI=1S/C16H22N2OS/c1-3-17-14(9-4-7-13-8-6-12-20-13)16-15(19-2)10-5-11-18-16/h5-6,8,10-12,14,17H,3-4,7,9H2,1-2H3. The average molecular weight is 290 g/mol. The van der Waals surface area contributed by atoms with Crippen LogP contribution in [0.15, 0.2) is 35.8 Å². The molecule has 0 radical (unpaired) electrons. The van der Waals surface area contributed by atoms with Crippen LogP contribution < -0.4 is 10.1 Å². The Hall–Kier alpha value is -1.39. The first kappa shape index (κ1) is 15.0. The van der Waals surface area contributed by atoms with Crippen LogP contribution in [0.25, 0.3) is 0 Å². The minimum absolute atomic E-state index is 0.260. The van der Waals surface area contributed by atoms with E-state index in [1.165, 1.54) is 4.88 Å². The molecule has 0 amide bonds. The second-order valence-electron chi connectivity index (χ2n) is 4.67. The zero-order valence-corrected chi connectivity index (χ0v) is 13.0. The van der Waals surface area contributed by atoms with Gasteiger partial charge >= 0.3 is 0 Å². The van der Waals surface area contributed by atoms with E-state index in [9.17, 15) is 0 Å². The zero-order chi connectivity index (χ0) is 14.2. The molecular formula is C16H22N2OS. The largest absolute Gasteiger partial charge is 0.495 e. The summed E-state index contributed by atoms with van der Waals surface area (Å²) in [5.74, 6) is 0.870. The third-order valence-corrected chi connectivity index (χ3v) is 4.23. The molecule has 1 unspecified atom stereocenters. The molecule has 0 spiro atoms. The third kappa shape index (κ3) is 4.05. The van der Waals surface area contributed by atoms with E-state index < -0.39 is 0 Å². The highest BCUT2D eigenvalue weighted by atomic mass is 32.1. The summed E-state index contributed by atoms with van der Waals surface area (Å²) >= 11 is 1.83. The van der Waals surface area contributed by atoms with Crippen LogP contribution in [0.5, 0.6) is 5.75 Å². The summed E-state index contributed by atoms with van der Waals surface area (Å²) in [6.07, 6.45) is 5.19. The SMILES string of the molecule is CCNC(CCCc1cccs1)c1ncccc1OC. The van der Waals surface area contributed by atoms with E-state index in [4.69, 9.17) is 4.74 Å². The van der Waals surface area contributed by atoms with Gasteiger partial charge in [0, 0.05) is 11.1 Å². The molecular weight excluding hydrogens is 268 g/mol. The molecule has 1 atom stereocenters. The van der Waals surface area contributed by atoms with Gasteiger partial charge in [-0.1, -0.05) is 13.0 Å². The van der Waals surface area contributed by atoms with Gasteiger partial charge in [0.15, 0.2) is 0 Å². The predicted octanol–water partition coefficient (Wildman–Crippen LogP) is 3.83. The number of methoxy groups -OCH3 is 1. The fourth-order valence-electron chi connectivity index (χ4n) is 2.35. The normalized spacial score (nSPS) is 12.3. The molecule has 4 heteroatoms. The number of hydrogen-bond donors (Lipinski definition) is 1. The molecule has 0 saturated carbocycles. The minimum atomic E-state index is 0.260. The Labute approximate surface area is 125 Å². The fourth-order valence-corrected chi connectivity index (χ4v) is 3.11. The van der Waals surface area contributed by atoms with Gasteiger partial charge in [0.25, 0.3) is 0 Å². The minimum Gasteiger partial charge on any atom is -0.495 e. The predicted molar refractivity (Wildman–Crippen MR) is 84.5 cm³/mol. The number of rotatable bonds is 8. The topological polar surface area (TPSA) is 34.2 Å². The van der Waals surface area contributed by atoms with Gasteiger partial charge in [-0.3, -0.25) is 4.98 Å². The lowest BCUT2D eigenvalue weighted by Crippen LogP contribution is -2.22. The Morgan fingerprint density at radius 3 is 2.95 bits per heavy atom. The summed E-state index contributed by atoms with van der Waals surface area (Å²) in [6, 6.07) is 8.47. The molecule has 2 heterocycles. The number of ether oxygens (including phenoxy) is 1. The maximum absolute atomic E-state index is 5.42. The molecule has 20 heavy (non-hydrogen) atoms. The highest BCUT2D eigenvalue weighted by Crippen LogP contribution is 2.26. The lowest BCUT2D eigenvalue weighted by atomic mass is 10.0. The summed E-state index contributed by atoms with van der Waals surface area (Å²) < 4.78 is 5.42. The molecule has 1 N–H and O–H groups in total. The lowest BCUT2D eigenvalue weighted by molar-refractivity contribution is 0.389. The number of nitrogens with one attached hydrogen (secondary N) is 1. The first-order valence-corrected chi connectivity index (χ1v) is 7.97. The molecule has 0 bridgehead atoms. The fraction of sp³-hybridized carbons (Fsp3) is 0.438. The second kappa shape index (κ2) is 8.02. The van der Waals surface area contributed by atoms with Gasteiger partial charge in [0.2, 0.25) is 0 Å². The van der Waals surface area contributed by atoms with Crippen molar-refractivity contribution in [3.63, 3.8) is 0 Å². The van der Waals surface area contributed by atoms with Crippen LogP contribution in [0.3, 0.4) is 0 Å². The maximum Gasteiger partial charge on any atom is 0.141 e. The molecule has 0 aliphatic rings.